The maximum atomic E-state index is 13.6. The molecule has 40 heavy (non-hydrogen) atoms. The zero-order valence-corrected chi connectivity index (χ0v) is 25.3. The Hall–Kier alpha value is -3.08. The quantitative estimate of drug-likeness (QED) is 0.147. The van der Waals surface area contributed by atoms with Gasteiger partial charge in [0.05, 0.1) is 12.1 Å². The Morgan fingerprint density at radius 2 is 1.68 bits per heavy atom. The first-order valence-corrected chi connectivity index (χ1v) is 14.1. The van der Waals surface area contributed by atoms with Crippen LogP contribution in [0.25, 0.3) is 0 Å². The van der Waals surface area contributed by atoms with E-state index in [0.717, 1.165) is 12.7 Å². The van der Waals surface area contributed by atoms with Crippen LogP contribution in [-0.4, -0.2) is 90.1 Å². The highest BCUT2D eigenvalue weighted by Crippen LogP contribution is 2.23. The van der Waals surface area contributed by atoms with Crippen LogP contribution in [0, 0.1) is 11.8 Å². The Labute approximate surface area is 238 Å². The highest BCUT2D eigenvalue weighted by molar-refractivity contribution is 6.12. The van der Waals surface area contributed by atoms with Crippen LogP contribution in [0.15, 0.2) is 12.2 Å². The van der Waals surface area contributed by atoms with Gasteiger partial charge in [-0.05, 0) is 38.5 Å². The summed E-state index contributed by atoms with van der Waals surface area (Å²) in [5, 5.41) is 5.57. The van der Waals surface area contributed by atoms with Crippen molar-refractivity contribution >= 4 is 35.8 Å². The fourth-order valence-electron chi connectivity index (χ4n) is 4.76. The number of likely N-dealkylation sites (N-methyl/N-ethyl adjacent to an activating group) is 1. The number of unbranched alkanes of at least 4 members (excludes halogenated alkanes) is 2. The molecule has 0 fully saturated rings. The first kappa shape index (κ1) is 34.9. The SMILES string of the molecule is CCC(C)C(C(CC=O)OC)N(C)C(=O)[C@@H](NC(=O)C(C)(C)NC(=O)CCCCCN1C(=O)C=CC1=O)C(C)C. The number of rotatable bonds is 18. The molecule has 0 bridgehead atoms. The average Bonchev–Trinajstić information content (AvgIpc) is 3.21. The number of carbonyl (C=O) groups is 6. The summed E-state index contributed by atoms with van der Waals surface area (Å²) in [6.07, 6.45) is 5.63. The monoisotopic (exact) mass is 564 g/mol. The zero-order chi connectivity index (χ0) is 30.6. The number of amides is 5. The van der Waals surface area contributed by atoms with Crippen LogP contribution in [-0.2, 0) is 33.5 Å². The van der Waals surface area contributed by atoms with Crippen molar-refractivity contribution in [3.63, 3.8) is 0 Å². The standard InChI is InChI=1S/C29H48N4O7/c1-9-20(4)26(21(40-8)16-18-34)32(7)27(38)25(19(2)3)30-28(39)29(5,6)31-22(35)13-11-10-12-17-33-23(36)14-15-24(33)37/h14-15,18-21,25-26H,9-13,16-17H2,1-8H3,(H,30,39)(H,31,35)/t20?,21?,25-,26?/m0/s1. The van der Waals surface area contributed by atoms with Gasteiger partial charge in [0.1, 0.15) is 17.9 Å². The molecule has 0 radical (unpaired) electrons. The predicted octanol–water partition coefficient (Wildman–Crippen LogP) is 1.98. The average molecular weight is 565 g/mol. The van der Waals surface area contributed by atoms with Gasteiger partial charge in [0.2, 0.25) is 17.7 Å². The van der Waals surface area contributed by atoms with Crippen molar-refractivity contribution in [1.82, 2.24) is 20.4 Å². The van der Waals surface area contributed by atoms with E-state index >= 15 is 0 Å². The summed E-state index contributed by atoms with van der Waals surface area (Å²) in [7, 11) is 3.18. The minimum atomic E-state index is -1.27. The molecule has 0 aromatic rings. The third kappa shape index (κ3) is 9.83. The molecular weight excluding hydrogens is 516 g/mol. The second-order valence-corrected chi connectivity index (χ2v) is 11.3. The highest BCUT2D eigenvalue weighted by Gasteiger charge is 2.39. The van der Waals surface area contributed by atoms with Gasteiger partial charge in [-0.1, -0.05) is 40.5 Å². The lowest BCUT2D eigenvalue weighted by Crippen LogP contribution is -2.62. The lowest BCUT2D eigenvalue weighted by molar-refractivity contribution is -0.144. The van der Waals surface area contributed by atoms with Crippen molar-refractivity contribution in [2.45, 2.75) is 104 Å². The number of aldehydes is 1. The summed E-state index contributed by atoms with van der Waals surface area (Å²) in [5.41, 5.74) is -1.27. The third-order valence-corrected chi connectivity index (χ3v) is 7.46. The fraction of sp³-hybridized carbons (Fsp3) is 0.724. The summed E-state index contributed by atoms with van der Waals surface area (Å²) >= 11 is 0. The Bertz CT molecular complexity index is 929. The van der Waals surface area contributed by atoms with Gasteiger partial charge in [-0.25, -0.2) is 0 Å². The Morgan fingerprint density at radius 3 is 2.17 bits per heavy atom. The number of carbonyl (C=O) groups excluding carboxylic acids is 6. The van der Waals surface area contributed by atoms with Gasteiger partial charge >= 0.3 is 0 Å². The van der Waals surface area contributed by atoms with Crippen LogP contribution >= 0.6 is 0 Å². The first-order chi connectivity index (χ1) is 18.7. The minimum Gasteiger partial charge on any atom is -0.379 e. The minimum absolute atomic E-state index is 0.0473. The molecule has 3 unspecified atom stereocenters. The van der Waals surface area contributed by atoms with E-state index in [1.807, 2.05) is 27.7 Å². The number of methoxy groups -OCH3 is 1. The molecule has 0 aromatic heterocycles. The van der Waals surface area contributed by atoms with Crippen LogP contribution < -0.4 is 10.6 Å². The number of nitrogens with one attached hydrogen (secondary N) is 2. The molecule has 11 heteroatoms. The van der Waals surface area contributed by atoms with Crippen LogP contribution in [0.5, 0.6) is 0 Å². The van der Waals surface area contributed by atoms with E-state index in [-0.39, 0.29) is 54.3 Å². The number of ether oxygens (including phenoxy) is 1. The largest absolute Gasteiger partial charge is 0.379 e. The van der Waals surface area contributed by atoms with Crippen molar-refractivity contribution in [2.75, 3.05) is 20.7 Å². The summed E-state index contributed by atoms with van der Waals surface area (Å²) < 4.78 is 5.55. The molecule has 2 N–H and O–H groups in total. The predicted molar refractivity (Wildman–Crippen MR) is 151 cm³/mol. The molecular formula is C29H48N4O7. The molecule has 4 atom stereocenters. The maximum absolute atomic E-state index is 13.6. The lowest BCUT2D eigenvalue weighted by Gasteiger charge is -2.40. The van der Waals surface area contributed by atoms with Gasteiger partial charge in [0, 0.05) is 45.7 Å². The van der Waals surface area contributed by atoms with Gasteiger partial charge in [-0.15, -0.1) is 0 Å². The van der Waals surface area contributed by atoms with Crippen LogP contribution in [0.3, 0.4) is 0 Å². The second kappa shape index (κ2) is 16.2. The van der Waals surface area contributed by atoms with Crippen molar-refractivity contribution in [1.29, 1.82) is 0 Å². The Kier molecular flexibility index (Phi) is 14.2. The van der Waals surface area contributed by atoms with Gasteiger partial charge in [-0.2, -0.15) is 0 Å². The lowest BCUT2D eigenvalue weighted by atomic mass is 9.90. The normalized spacial score (nSPS) is 16.5. The molecule has 0 saturated carbocycles. The van der Waals surface area contributed by atoms with Gasteiger partial charge in [0.25, 0.3) is 11.8 Å². The number of nitrogens with zero attached hydrogens (tertiary/aromatic N) is 2. The summed E-state index contributed by atoms with van der Waals surface area (Å²) in [6.45, 7) is 11.1. The molecule has 1 aliphatic rings. The third-order valence-electron chi connectivity index (χ3n) is 7.46. The topological polar surface area (TPSA) is 142 Å². The smallest absolute Gasteiger partial charge is 0.253 e. The molecule has 11 nitrogen and oxygen atoms in total. The zero-order valence-electron chi connectivity index (χ0n) is 25.3. The summed E-state index contributed by atoms with van der Waals surface area (Å²) in [4.78, 5) is 76.6. The summed E-state index contributed by atoms with van der Waals surface area (Å²) in [5.74, 6) is -1.94. The Morgan fingerprint density at radius 1 is 1.07 bits per heavy atom. The van der Waals surface area contributed by atoms with Crippen LogP contribution in [0.2, 0.25) is 0 Å². The van der Waals surface area contributed by atoms with Crippen molar-refractivity contribution in [2.24, 2.45) is 11.8 Å². The number of hydrogen-bond acceptors (Lipinski definition) is 7. The van der Waals surface area contributed by atoms with E-state index in [4.69, 9.17) is 4.74 Å². The fourth-order valence-corrected chi connectivity index (χ4v) is 4.76. The first-order valence-electron chi connectivity index (χ1n) is 14.1. The number of hydrogen-bond donors (Lipinski definition) is 2. The molecule has 0 aromatic carbocycles. The number of imide groups is 1. The van der Waals surface area contributed by atoms with E-state index in [0.29, 0.717) is 25.8 Å². The molecule has 1 heterocycles. The van der Waals surface area contributed by atoms with Crippen molar-refractivity contribution < 1.29 is 33.5 Å². The van der Waals surface area contributed by atoms with Crippen molar-refractivity contribution in [3.05, 3.63) is 12.2 Å². The van der Waals surface area contributed by atoms with E-state index in [2.05, 4.69) is 10.6 Å². The van der Waals surface area contributed by atoms with Crippen LogP contribution in [0.4, 0.5) is 0 Å². The maximum Gasteiger partial charge on any atom is 0.253 e. The van der Waals surface area contributed by atoms with Crippen LogP contribution in [0.1, 0.15) is 80.1 Å². The summed E-state index contributed by atoms with van der Waals surface area (Å²) in [6, 6.07) is -1.21. The molecule has 5 amide bonds. The second-order valence-electron chi connectivity index (χ2n) is 11.3. The molecule has 226 valence electrons. The molecule has 1 rings (SSSR count). The van der Waals surface area contributed by atoms with Gasteiger partial charge in [-0.3, -0.25) is 28.9 Å². The Balaban J connectivity index is 2.75. The highest BCUT2D eigenvalue weighted by atomic mass is 16.5. The molecule has 1 aliphatic heterocycles. The molecule has 0 aliphatic carbocycles. The van der Waals surface area contributed by atoms with E-state index < -0.39 is 23.6 Å². The van der Waals surface area contributed by atoms with Gasteiger partial charge in [0.15, 0.2) is 0 Å². The van der Waals surface area contributed by atoms with Gasteiger partial charge < -0.3 is 25.1 Å². The van der Waals surface area contributed by atoms with E-state index in [1.165, 1.54) is 24.2 Å². The molecule has 0 spiro atoms. The molecule has 0 saturated heterocycles. The van der Waals surface area contributed by atoms with Crippen molar-refractivity contribution in [3.8, 4) is 0 Å². The van der Waals surface area contributed by atoms with E-state index in [9.17, 15) is 28.8 Å². The van der Waals surface area contributed by atoms with E-state index in [1.54, 1.807) is 25.8 Å².